The molecule has 4 saturated carbocycles. The number of carbonyl (C=O) groups excluding carboxylic acids is 2. The Morgan fingerprint density at radius 2 is 1.31 bits per heavy atom. The molecule has 0 aromatic carbocycles. The van der Waals surface area contributed by atoms with E-state index in [1.807, 2.05) is 0 Å². The van der Waals surface area contributed by atoms with Crippen LogP contribution in [0.5, 0.6) is 0 Å². The Morgan fingerprint density at radius 3 is 1.88 bits per heavy atom. The molecule has 0 radical (unpaired) electrons. The first-order valence-electron chi connectivity index (χ1n) is 22.3. The third-order valence-corrected chi connectivity index (χ3v) is 15.5. The molecule has 4 fully saturated rings. The average molecular weight is 716 g/mol. The van der Waals surface area contributed by atoms with Gasteiger partial charge in [-0.25, -0.2) is 0 Å². The van der Waals surface area contributed by atoms with Gasteiger partial charge in [0.05, 0.1) is 19.3 Å². The minimum absolute atomic E-state index is 0.0928. The zero-order chi connectivity index (χ0) is 36.9. The monoisotopic (exact) mass is 716 g/mol. The third kappa shape index (κ3) is 11.2. The number of aliphatic hydroxyl groups is 2. The molecule has 0 bridgehead atoms. The van der Waals surface area contributed by atoms with Crippen molar-refractivity contribution < 1.29 is 24.5 Å². The summed E-state index contributed by atoms with van der Waals surface area (Å²) in [6.45, 7) is 9.26. The molecule has 0 aromatic heterocycles. The molecule has 11 atom stereocenters. The number of unbranched alkanes of at least 4 members (excludes halogenated alkanes) is 16. The number of rotatable bonds is 23. The zero-order valence-electron chi connectivity index (χ0n) is 33.9. The van der Waals surface area contributed by atoms with Crippen molar-refractivity contribution in [1.29, 1.82) is 0 Å². The summed E-state index contributed by atoms with van der Waals surface area (Å²) >= 11 is 0. The number of ether oxygens (including phenoxy) is 1. The summed E-state index contributed by atoms with van der Waals surface area (Å²) in [5.41, 5.74) is -0.131. The predicted molar refractivity (Wildman–Crippen MR) is 209 cm³/mol. The molecule has 1 amide bonds. The van der Waals surface area contributed by atoms with Crippen LogP contribution in [0.1, 0.15) is 201 Å². The summed E-state index contributed by atoms with van der Waals surface area (Å²) in [6, 6.07) is 0.204. The van der Waals surface area contributed by atoms with Crippen molar-refractivity contribution in [3.63, 3.8) is 0 Å². The summed E-state index contributed by atoms with van der Waals surface area (Å²) in [6.07, 6.45) is 30.7. The Balaban J connectivity index is 1.11. The van der Waals surface area contributed by atoms with E-state index in [-0.39, 0.29) is 46.9 Å². The second kappa shape index (κ2) is 21.1. The number of esters is 1. The summed E-state index contributed by atoms with van der Waals surface area (Å²) in [5.74, 6) is 1.96. The number of nitrogens with one attached hydrogen (secondary N) is 1. The zero-order valence-corrected chi connectivity index (χ0v) is 33.9. The second-order valence-electron chi connectivity index (χ2n) is 18.6. The second-order valence-corrected chi connectivity index (χ2v) is 18.6. The predicted octanol–water partition coefficient (Wildman–Crippen LogP) is 10.7. The van der Waals surface area contributed by atoms with E-state index in [0.717, 1.165) is 64.2 Å². The number of fused-ring (bicyclic) bond motifs is 5. The van der Waals surface area contributed by atoms with Crippen LogP contribution in [0.4, 0.5) is 0 Å². The minimum Gasteiger partial charge on any atom is -0.469 e. The van der Waals surface area contributed by atoms with Crippen molar-refractivity contribution in [2.75, 3.05) is 7.11 Å². The van der Waals surface area contributed by atoms with Gasteiger partial charge in [-0.1, -0.05) is 130 Å². The van der Waals surface area contributed by atoms with Crippen molar-refractivity contribution >= 4 is 11.9 Å². The van der Waals surface area contributed by atoms with E-state index in [1.54, 1.807) is 0 Å². The molecule has 6 heteroatoms. The highest BCUT2D eigenvalue weighted by Crippen LogP contribution is 2.68. The van der Waals surface area contributed by atoms with Gasteiger partial charge >= 0.3 is 5.97 Å². The number of methoxy groups -OCH3 is 1. The number of carbonyl (C=O) groups is 2. The summed E-state index contributed by atoms with van der Waals surface area (Å²) < 4.78 is 4.91. The van der Waals surface area contributed by atoms with Crippen LogP contribution in [0.15, 0.2) is 0 Å². The lowest BCUT2D eigenvalue weighted by Crippen LogP contribution is -2.63. The van der Waals surface area contributed by atoms with Gasteiger partial charge in [-0.2, -0.15) is 0 Å². The van der Waals surface area contributed by atoms with Crippen molar-refractivity contribution in [3.8, 4) is 0 Å². The highest BCUT2D eigenvalue weighted by Gasteiger charge is 2.65. The molecule has 0 aromatic rings. The van der Waals surface area contributed by atoms with E-state index in [9.17, 15) is 19.8 Å². The van der Waals surface area contributed by atoms with Gasteiger partial charge in [0, 0.05) is 18.9 Å². The van der Waals surface area contributed by atoms with Crippen LogP contribution in [0.3, 0.4) is 0 Å². The Labute approximate surface area is 313 Å². The van der Waals surface area contributed by atoms with Gasteiger partial charge < -0.3 is 20.3 Å². The highest BCUT2D eigenvalue weighted by molar-refractivity contribution is 5.76. The summed E-state index contributed by atoms with van der Waals surface area (Å²) in [5, 5.41) is 27.1. The Kier molecular flexibility index (Phi) is 17.6. The first-order valence-corrected chi connectivity index (χ1v) is 22.3. The lowest BCUT2D eigenvalue weighted by molar-refractivity contribution is -0.202. The van der Waals surface area contributed by atoms with Gasteiger partial charge in [-0.05, 0) is 104 Å². The maximum absolute atomic E-state index is 13.0. The molecule has 0 heterocycles. The van der Waals surface area contributed by atoms with Crippen molar-refractivity contribution in [2.45, 2.75) is 219 Å². The van der Waals surface area contributed by atoms with E-state index in [0.29, 0.717) is 42.4 Å². The first-order chi connectivity index (χ1) is 24.6. The summed E-state index contributed by atoms with van der Waals surface area (Å²) in [4.78, 5) is 24.8. The fraction of sp³-hybridized carbons (Fsp3) is 0.956. The van der Waals surface area contributed by atoms with Gasteiger partial charge in [0.15, 0.2) is 0 Å². The third-order valence-electron chi connectivity index (χ3n) is 15.5. The van der Waals surface area contributed by atoms with E-state index >= 15 is 0 Å². The van der Waals surface area contributed by atoms with E-state index in [1.165, 1.54) is 103 Å². The SMILES string of the molecule is CCCCCCCCCCCCCCCCCCCC(=O)N[C@H]1CC[C@@]2(C)[C@H](C1)C[C@@H](O)[C@@H]1[C@H]2C[C@H](O)[C@@]2(C)[C@@H]1CC[C@@H]2[C@H](C)CCC(=O)OC. The van der Waals surface area contributed by atoms with Crippen LogP contribution in [0.25, 0.3) is 0 Å². The standard InChI is InChI=1S/C45H81NO5/c1-6-7-8-9-10-11-12-13-14-15-16-17-18-19-20-21-22-23-41(49)46-35-28-29-44(3)34(30-35)31-39(47)43-37-26-25-36(33(2)24-27-42(50)51-5)45(37,4)40(48)32-38(43)44/h33-40,43,47-48H,6-32H2,1-5H3,(H,46,49)/t33-,34-,35+,36-,37-,38-,39-,40+,43+,44+,45-/m1/s1. The van der Waals surface area contributed by atoms with E-state index in [4.69, 9.17) is 4.74 Å². The van der Waals surface area contributed by atoms with Gasteiger partial charge in [-0.15, -0.1) is 0 Å². The van der Waals surface area contributed by atoms with Crippen LogP contribution < -0.4 is 5.32 Å². The van der Waals surface area contributed by atoms with Gasteiger partial charge in [-0.3, -0.25) is 9.59 Å². The van der Waals surface area contributed by atoms with Gasteiger partial charge in [0.2, 0.25) is 5.91 Å². The first kappa shape index (κ1) is 42.6. The number of aliphatic hydroxyl groups excluding tert-OH is 2. The Bertz CT molecular complexity index is 1030. The number of hydrogen-bond acceptors (Lipinski definition) is 5. The molecule has 0 saturated heterocycles. The van der Waals surface area contributed by atoms with Crippen molar-refractivity contribution in [1.82, 2.24) is 5.32 Å². The number of amides is 1. The molecular weight excluding hydrogens is 634 g/mol. The van der Waals surface area contributed by atoms with Gasteiger partial charge in [0.1, 0.15) is 0 Å². The van der Waals surface area contributed by atoms with Crippen LogP contribution in [-0.4, -0.2) is 47.4 Å². The molecule has 4 aliphatic carbocycles. The lowest BCUT2D eigenvalue weighted by Gasteiger charge is -2.63. The fourth-order valence-corrected chi connectivity index (χ4v) is 12.2. The molecule has 6 nitrogen and oxygen atoms in total. The molecule has 4 rings (SSSR count). The van der Waals surface area contributed by atoms with Crippen LogP contribution in [0, 0.1) is 46.3 Å². The fourth-order valence-electron chi connectivity index (χ4n) is 12.2. The quantitative estimate of drug-likeness (QED) is 0.0723. The highest BCUT2D eigenvalue weighted by atomic mass is 16.5. The molecule has 4 aliphatic rings. The Morgan fingerprint density at radius 1 is 0.745 bits per heavy atom. The Hall–Kier alpha value is -1.14. The van der Waals surface area contributed by atoms with E-state index in [2.05, 4.69) is 33.0 Å². The lowest BCUT2D eigenvalue weighted by atomic mass is 9.43. The maximum atomic E-state index is 13.0. The van der Waals surface area contributed by atoms with Crippen LogP contribution >= 0.6 is 0 Å². The molecule has 0 aliphatic heterocycles. The van der Waals surface area contributed by atoms with Gasteiger partial charge in [0.25, 0.3) is 0 Å². The molecule has 51 heavy (non-hydrogen) atoms. The van der Waals surface area contributed by atoms with Crippen molar-refractivity contribution in [3.05, 3.63) is 0 Å². The van der Waals surface area contributed by atoms with E-state index < -0.39 is 0 Å². The molecule has 296 valence electrons. The largest absolute Gasteiger partial charge is 0.469 e. The average Bonchev–Trinajstić information content (AvgIpc) is 3.47. The summed E-state index contributed by atoms with van der Waals surface area (Å²) in [7, 11) is 1.45. The van der Waals surface area contributed by atoms with Crippen molar-refractivity contribution in [2.24, 2.45) is 46.3 Å². The van der Waals surface area contributed by atoms with Crippen LogP contribution in [0.2, 0.25) is 0 Å². The maximum Gasteiger partial charge on any atom is 0.305 e. The molecule has 0 spiro atoms. The topological polar surface area (TPSA) is 95.9 Å². The minimum atomic E-state index is -0.387. The van der Waals surface area contributed by atoms with Crippen LogP contribution in [-0.2, 0) is 14.3 Å². The molecule has 3 N–H and O–H groups in total. The smallest absolute Gasteiger partial charge is 0.305 e. The molecule has 0 unspecified atom stereocenters. The normalized spacial score (nSPS) is 35.0. The molecular formula is C45H81NO5. The number of hydrogen-bond donors (Lipinski definition) is 3.